The zero-order valence-electron chi connectivity index (χ0n) is 14.6. The smallest absolute Gasteiger partial charge is 0.293 e. The Kier molecular flexibility index (Phi) is 5.22. The lowest BCUT2D eigenvalue weighted by Crippen LogP contribution is -2.49. The fraction of sp³-hybridized carbons (Fsp3) is 0.611. The molecule has 2 heterocycles. The molecule has 3 rings (SSSR count). The van der Waals surface area contributed by atoms with Gasteiger partial charge in [-0.05, 0) is 43.7 Å². The maximum absolute atomic E-state index is 12.9. The number of carbonyl (C=O) groups is 1. The average Bonchev–Trinajstić information content (AvgIpc) is 3.14. The second-order valence-corrected chi connectivity index (χ2v) is 7.02. The molecule has 2 saturated heterocycles. The van der Waals surface area contributed by atoms with Crippen molar-refractivity contribution in [1.82, 2.24) is 4.90 Å². The second kappa shape index (κ2) is 7.39. The van der Waals surface area contributed by atoms with E-state index in [1.807, 2.05) is 11.8 Å². The van der Waals surface area contributed by atoms with E-state index < -0.39 is 4.92 Å². The molecule has 7 nitrogen and oxygen atoms in total. The van der Waals surface area contributed by atoms with E-state index in [2.05, 4.69) is 0 Å². The third kappa shape index (κ3) is 3.46. The van der Waals surface area contributed by atoms with Crippen LogP contribution in [-0.2, 0) is 0 Å². The normalized spacial score (nSPS) is 23.8. The standard InChI is InChI=1S/C18H25N3O4/c1-13-5-4-10-20(17(13)12-22)18(23)14-6-7-15(16(11-14)21(24)25)19-8-2-3-9-19/h6-7,11,13,17,22H,2-5,8-10,12H2,1H3. The van der Waals surface area contributed by atoms with E-state index in [9.17, 15) is 20.0 Å². The summed E-state index contributed by atoms with van der Waals surface area (Å²) in [5.74, 6) is -0.0109. The van der Waals surface area contributed by atoms with Crippen molar-refractivity contribution in [3.63, 3.8) is 0 Å². The summed E-state index contributed by atoms with van der Waals surface area (Å²) in [4.78, 5) is 27.7. The third-order valence-electron chi connectivity index (χ3n) is 5.43. The van der Waals surface area contributed by atoms with Gasteiger partial charge in [-0.2, -0.15) is 0 Å². The lowest BCUT2D eigenvalue weighted by Gasteiger charge is -2.39. The van der Waals surface area contributed by atoms with Crippen LogP contribution in [0.25, 0.3) is 0 Å². The molecule has 2 unspecified atom stereocenters. The van der Waals surface area contributed by atoms with Crippen LogP contribution < -0.4 is 4.90 Å². The predicted molar refractivity (Wildman–Crippen MR) is 94.9 cm³/mol. The minimum atomic E-state index is -0.410. The Morgan fingerprint density at radius 2 is 2.00 bits per heavy atom. The number of amides is 1. The van der Waals surface area contributed by atoms with Crippen LogP contribution >= 0.6 is 0 Å². The van der Waals surface area contributed by atoms with Gasteiger partial charge in [0.15, 0.2) is 0 Å². The summed E-state index contributed by atoms with van der Waals surface area (Å²) in [6, 6.07) is 4.54. The van der Waals surface area contributed by atoms with Crippen LogP contribution in [0.15, 0.2) is 18.2 Å². The molecule has 0 spiro atoms. The Bertz CT molecular complexity index is 658. The van der Waals surface area contributed by atoms with Gasteiger partial charge in [-0.1, -0.05) is 6.92 Å². The van der Waals surface area contributed by atoms with Gasteiger partial charge in [0.05, 0.1) is 17.6 Å². The summed E-state index contributed by atoms with van der Waals surface area (Å²) >= 11 is 0. The lowest BCUT2D eigenvalue weighted by atomic mass is 9.90. The predicted octanol–water partition coefficient (Wildman–Crippen LogP) is 2.43. The van der Waals surface area contributed by atoms with Crippen molar-refractivity contribution in [2.75, 3.05) is 31.1 Å². The molecular formula is C18H25N3O4. The number of aliphatic hydroxyl groups is 1. The van der Waals surface area contributed by atoms with E-state index in [1.165, 1.54) is 6.07 Å². The Balaban J connectivity index is 1.90. The number of nitro benzene ring substituents is 1. The molecular weight excluding hydrogens is 322 g/mol. The molecule has 0 aromatic heterocycles. The van der Waals surface area contributed by atoms with Crippen molar-refractivity contribution < 1.29 is 14.8 Å². The molecule has 0 aliphatic carbocycles. The van der Waals surface area contributed by atoms with Crippen LogP contribution in [0.1, 0.15) is 43.0 Å². The molecule has 25 heavy (non-hydrogen) atoms. The monoisotopic (exact) mass is 347 g/mol. The number of piperidine rings is 1. The Hall–Kier alpha value is -2.15. The van der Waals surface area contributed by atoms with E-state index in [0.717, 1.165) is 38.8 Å². The number of hydrogen-bond acceptors (Lipinski definition) is 5. The second-order valence-electron chi connectivity index (χ2n) is 7.02. The number of rotatable bonds is 4. The molecule has 2 aliphatic heterocycles. The van der Waals surface area contributed by atoms with Gasteiger partial charge in [0.1, 0.15) is 5.69 Å². The molecule has 0 saturated carbocycles. The SMILES string of the molecule is CC1CCCN(C(=O)c2ccc(N3CCCC3)c([N+](=O)[O-])c2)C1CO. The largest absolute Gasteiger partial charge is 0.394 e. The van der Waals surface area contributed by atoms with Gasteiger partial charge in [0.2, 0.25) is 0 Å². The van der Waals surface area contributed by atoms with Gasteiger partial charge in [-0.15, -0.1) is 0 Å². The van der Waals surface area contributed by atoms with Crippen molar-refractivity contribution in [1.29, 1.82) is 0 Å². The molecule has 1 amide bonds. The molecule has 0 bridgehead atoms. The maximum atomic E-state index is 12.9. The fourth-order valence-electron chi connectivity index (χ4n) is 3.97. The van der Waals surface area contributed by atoms with Crippen molar-refractivity contribution >= 4 is 17.3 Å². The van der Waals surface area contributed by atoms with Crippen LogP contribution in [0.4, 0.5) is 11.4 Å². The van der Waals surface area contributed by atoms with E-state index in [0.29, 0.717) is 17.8 Å². The highest BCUT2D eigenvalue weighted by Crippen LogP contribution is 2.33. The van der Waals surface area contributed by atoms with E-state index in [1.54, 1.807) is 17.0 Å². The molecule has 136 valence electrons. The number of nitrogens with zero attached hydrogens (tertiary/aromatic N) is 3. The summed E-state index contributed by atoms with van der Waals surface area (Å²) in [6.07, 6.45) is 3.92. The zero-order valence-corrected chi connectivity index (χ0v) is 14.6. The number of likely N-dealkylation sites (tertiary alicyclic amines) is 1. The molecule has 2 fully saturated rings. The topological polar surface area (TPSA) is 86.9 Å². The number of nitro groups is 1. The van der Waals surface area contributed by atoms with Crippen LogP contribution in [-0.4, -0.2) is 53.1 Å². The summed E-state index contributed by atoms with van der Waals surface area (Å²) < 4.78 is 0. The van der Waals surface area contributed by atoms with Crippen molar-refractivity contribution in [3.05, 3.63) is 33.9 Å². The highest BCUT2D eigenvalue weighted by atomic mass is 16.6. The van der Waals surface area contributed by atoms with Crippen LogP contribution in [0, 0.1) is 16.0 Å². The van der Waals surface area contributed by atoms with Gasteiger partial charge in [-0.25, -0.2) is 0 Å². The third-order valence-corrected chi connectivity index (χ3v) is 5.43. The highest BCUT2D eigenvalue weighted by Gasteiger charge is 2.33. The van der Waals surface area contributed by atoms with Crippen molar-refractivity contribution in [3.8, 4) is 0 Å². The Morgan fingerprint density at radius 3 is 2.64 bits per heavy atom. The number of hydrogen-bond donors (Lipinski definition) is 1. The van der Waals surface area contributed by atoms with Gasteiger partial charge < -0.3 is 14.9 Å². The number of carbonyl (C=O) groups excluding carboxylic acids is 1. The van der Waals surface area contributed by atoms with E-state index >= 15 is 0 Å². The zero-order chi connectivity index (χ0) is 18.0. The van der Waals surface area contributed by atoms with E-state index in [4.69, 9.17) is 0 Å². The molecule has 0 radical (unpaired) electrons. The first kappa shape index (κ1) is 17.7. The minimum Gasteiger partial charge on any atom is -0.394 e. The molecule has 1 aromatic carbocycles. The molecule has 2 aliphatic rings. The van der Waals surface area contributed by atoms with Crippen molar-refractivity contribution in [2.45, 2.75) is 38.6 Å². The van der Waals surface area contributed by atoms with Crippen LogP contribution in [0.3, 0.4) is 0 Å². The molecule has 1 aromatic rings. The summed E-state index contributed by atoms with van der Waals surface area (Å²) in [7, 11) is 0. The average molecular weight is 347 g/mol. The number of anilines is 1. The highest BCUT2D eigenvalue weighted by molar-refractivity contribution is 5.96. The van der Waals surface area contributed by atoms with Gasteiger partial charge in [-0.3, -0.25) is 14.9 Å². The van der Waals surface area contributed by atoms with Gasteiger partial charge in [0, 0.05) is 31.3 Å². The lowest BCUT2D eigenvalue weighted by molar-refractivity contribution is -0.384. The van der Waals surface area contributed by atoms with Crippen LogP contribution in [0.5, 0.6) is 0 Å². The quantitative estimate of drug-likeness (QED) is 0.668. The number of aliphatic hydroxyl groups excluding tert-OH is 1. The molecule has 2 atom stereocenters. The maximum Gasteiger partial charge on any atom is 0.293 e. The van der Waals surface area contributed by atoms with Gasteiger partial charge in [0.25, 0.3) is 11.6 Å². The van der Waals surface area contributed by atoms with E-state index in [-0.39, 0.29) is 30.2 Å². The fourth-order valence-corrected chi connectivity index (χ4v) is 3.97. The Morgan fingerprint density at radius 1 is 1.28 bits per heavy atom. The molecule has 1 N–H and O–H groups in total. The number of benzene rings is 1. The summed E-state index contributed by atoms with van der Waals surface area (Å²) in [6.45, 7) is 4.14. The minimum absolute atomic E-state index is 0.0154. The first-order valence-corrected chi connectivity index (χ1v) is 8.98. The first-order chi connectivity index (χ1) is 12.0. The summed E-state index contributed by atoms with van der Waals surface area (Å²) in [5, 5.41) is 21.2. The van der Waals surface area contributed by atoms with Crippen LogP contribution in [0.2, 0.25) is 0 Å². The van der Waals surface area contributed by atoms with Gasteiger partial charge >= 0.3 is 0 Å². The first-order valence-electron chi connectivity index (χ1n) is 8.98. The molecule has 7 heteroatoms. The Labute approximate surface area is 147 Å². The summed E-state index contributed by atoms with van der Waals surface area (Å²) in [5.41, 5.74) is 0.894. The van der Waals surface area contributed by atoms with Crippen molar-refractivity contribution in [2.24, 2.45) is 5.92 Å².